The number of fused-ring (bicyclic) bond motifs is 1. The third-order valence-electron chi connectivity index (χ3n) is 4.24. The first-order chi connectivity index (χ1) is 12.8. The standard InChI is InChI=1S/C18H16ClF2N3O3/c1-24-14-9(8-12(17(24)25)23-18(22)26)6-7-11(19)15(14)27-13-5-3-2-4-10(13)16(20)21/h2-7,12,16H,8H2,1H3,(H3,22,23,26)/t12-/m1/s1. The molecule has 3 amide bonds. The van der Waals surface area contributed by atoms with Crippen LogP contribution in [-0.2, 0) is 11.2 Å². The van der Waals surface area contributed by atoms with Crippen molar-refractivity contribution in [3.05, 3.63) is 52.5 Å². The Kier molecular flexibility index (Phi) is 5.18. The zero-order valence-corrected chi connectivity index (χ0v) is 15.0. The highest BCUT2D eigenvalue weighted by atomic mass is 35.5. The minimum absolute atomic E-state index is 0.0546. The quantitative estimate of drug-likeness (QED) is 0.829. The summed E-state index contributed by atoms with van der Waals surface area (Å²) in [6.45, 7) is 0. The van der Waals surface area contributed by atoms with Crippen LogP contribution in [0.3, 0.4) is 0 Å². The van der Waals surface area contributed by atoms with Crippen LogP contribution < -0.4 is 20.7 Å². The number of para-hydroxylation sites is 1. The molecular formula is C18H16ClF2N3O3. The van der Waals surface area contributed by atoms with E-state index in [1.807, 2.05) is 0 Å². The predicted octanol–water partition coefficient (Wildman–Crippen LogP) is 3.63. The summed E-state index contributed by atoms with van der Waals surface area (Å²) in [7, 11) is 1.48. The first kappa shape index (κ1) is 18.9. The van der Waals surface area contributed by atoms with Gasteiger partial charge in [0.25, 0.3) is 6.43 Å². The monoisotopic (exact) mass is 395 g/mol. The molecule has 0 spiro atoms. The highest BCUT2D eigenvalue weighted by molar-refractivity contribution is 6.33. The molecule has 0 saturated heterocycles. The van der Waals surface area contributed by atoms with Crippen molar-refractivity contribution in [3.63, 3.8) is 0 Å². The fraction of sp³-hybridized carbons (Fsp3) is 0.222. The Labute approximate surface area is 158 Å². The molecule has 0 aliphatic carbocycles. The van der Waals surface area contributed by atoms with Crippen molar-refractivity contribution in [1.29, 1.82) is 0 Å². The van der Waals surface area contributed by atoms with Crippen LogP contribution in [0.1, 0.15) is 17.6 Å². The van der Waals surface area contributed by atoms with Gasteiger partial charge in [0.1, 0.15) is 11.8 Å². The van der Waals surface area contributed by atoms with Gasteiger partial charge in [-0.15, -0.1) is 0 Å². The number of likely N-dealkylation sites (N-methyl/N-ethyl adjacent to an activating group) is 1. The topological polar surface area (TPSA) is 84.7 Å². The third-order valence-corrected chi connectivity index (χ3v) is 4.54. The Morgan fingerprint density at radius 3 is 2.70 bits per heavy atom. The van der Waals surface area contributed by atoms with Gasteiger partial charge in [-0.25, -0.2) is 13.6 Å². The van der Waals surface area contributed by atoms with Crippen LogP contribution in [0.25, 0.3) is 0 Å². The number of anilines is 1. The van der Waals surface area contributed by atoms with Crippen molar-refractivity contribution in [2.45, 2.75) is 18.9 Å². The number of halogens is 3. The lowest BCUT2D eigenvalue weighted by molar-refractivity contribution is -0.120. The van der Waals surface area contributed by atoms with Crippen molar-refractivity contribution in [1.82, 2.24) is 5.32 Å². The number of carbonyl (C=O) groups excluding carboxylic acids is 2. The number of nitrogens with zero attached hydrogens (tertiary/aromatic N) is 1. The van der Waals surface area contributed by atoms with Gasteiger partial charge in [-0.1, -0.05) is 29.8 Å². The first-order valence-corrected chi connectivity index (χ1v) is 8.37. The number of benzene rings is 2. The van der Waals surface area contributed by atoms with E-state index in [4.69, 9.17) is 22.1 Å². The van der Waals surface area contributed by atoms with E-state index < -0.39 is 24.4 Å². The molecular weight excluding hydrogens is 380 g/mol. The van der Waals surface area contributed by atoms with Gasteiger partial charge in [-0.3, -0.25) is 4.79 Å². The molecule has 0 radical (unpaired) electrons. The molecule has 3 N–H and O–H groups in total. The molecule has 1 aliphatic rings. The summed E-state index contributed by atoms with van der Waals surface area (Å²) in [5.41, 5.74) is 5.84. The Balaban J connectivity index is 2.05. The molecule has 0 unspecified atom stereocenters. The summed E-state index contributed by atoms with van der Waals surface area (Å²) in [5.74, 6) is -0.382. The molecule has 142 valence electrons. The fourth-order valence-electron chi connectivity index (χ4n) is 3.02. The van der Waals surface area contributed by atoms with E-state index >= 15 is 0 Å². The van der Waals surface area contributed by atoms with Crippen LogP contribution in [0.15, 0.2) is 36.4 Å². The van der Waals surface area contributed by atoms with Crippen LogP contribution >= 0.6 is 11.6 Å². The molecule has 2 aromatic carbocycles. The molecule has 1 heterocycles. The van der Waals surface area contributed by atoms with Gasteiger partial charge in [0.15, 0.2) is 5.75 Å². The summed E-state index contributed by atoms with van der Waals surface area (Å²) in [5, 5.41) is 2.55. The highest BCUT2D eigenvalue weighted by Crippen LogP contribution is 2.44. The van der Waals surface area contributed by atoms with Crippen molar-refractivity contribution >= 4 is 29.2 Å². The Morgan fingerprint density at radius 2 is 2.04 bits per heavy atom. The van der Waals surface area contributed by atoms with Crippen LogP contribution in [0.2, 0.25) is 5.02 Å². The lowest BCUT2D eigenvalue weighted by Gasteiger charge is -2.33. The zero-order chi connectivity index (χ0) is 19.7. The Morgan fingerprint density at radius 1 is 1.33 bits per heavy atom. The minimum Gasteiger partial charge on any atom is -0.453 e. The number of ether oxygens (including phenoxy) is 1. The van der Waals surface area contributed by atoms with Crippen molar-refractivity contribution in [2.75, 3.05) is 11.9 Å². The normalized spacial score (nSPS) is 16.3. The maximum absolute atomic E-state index is 13.3. The Hall–Kier alpha value is -2.87. The van der Waals surface area contributed by atoms with Crippen LogP contribution in [0.4, 0.5) is 19.3 Å². The van der Waals surface area contributed by atoms with Gasteiger partial charge >= 0.3 is 6.03 Å². The number of nitrogens with two attached hydrogens (primary N) is 1. The van der Waals surface area contributed by atoms with E-state index in [2.05, 4.69) is 5.32 Å². The smallest absolute Gasteiger partial charge is 0.312 e. The molecule has 3 rings (SSSR count). The zero-order valence-electron chi connectivity index (χ0n) is 14.2. The van der Waals surface area contributed by atoms with E-state index in [1.165, 1.54) is 30.1 Å². The third kappa shape index (κ3) is 3.66. The van der Waals surface area contributed by atoms with Gasteiger partial charge in [-0.05, 0) is 23.8 Å². The fourth-order valence-corrected chi connectivity index (χ4v) is 3.21. The SMILES string of the molecule is CN1C(=O)[C@H](NC(N)=O)Cc2ccc(Cl)c(Oc3ccccc3C(F)F)c21. The number of rotatable bonds is 4. The summed E-state index contributed by atoms with van der Waals surface area (Å²) < 4.78 is 32.2. The molecule has 1 aliphatic heterocycles. The second-order valence-corrected chi connectivity index (χ2v) is 6.39. The number of primary amides is 1. The predicted molar refractivity (Wildman–Crippen MR) is 96.5 cm³/mol. The number of hydrogen-bond donors (Lipinski definition) is 2. The average molecular weight is 396 g/mol. The van der Waals surface area contributed by atoms with Crippen LogP contribution in [0, 0.1) is 0 Å². The number of nitrogens with one attached hydrogen (secondary N) is 1. The minimum atomic E-state index is -2.73. The number of urea groups is 1. The number of amides is 3. The maximum Gasteiger partial charge on any atom is 0.312 e. The van der Waals surface area contributed by atoms with E-state index in [0.717, 1.165) is 0 Å². The first-order valence-electron chi connectivity index (χ1n) is 7.99. The molecule has 0 bridgehead atoms. The number of hydrogen-bond acceptors (Lipinski definition) is 3. The molecule has 27 heavy (non-hydrogen) atoms. The van der Waals surface area contributed by atoms with E-state index in [0.29, 0.717) is 11.3 Å². The van der Waals surface area contributed by atoms with Gasteiger partial charge < -0.3 is 20.7 Å². The van der Waals surface area contributed by atoms with Crippen molar-refractivity contribution in [2.24, 2.45) is 5.73 Å². The van der Waals surface area contributed by atoms with E-state index in [1.54, 1.807) is 18.2 Å². The van der Waals surface area contributed by atoms with Gasteiger partial charge in [-0.2, -0.15) is 0 Å². The average Bonchev–Trinajstić information content (AvgIpc) is 2.61. The molecule has 6 nitrogen and oxygen atoms in total. The lowest BCUT2D eigenvalue weighted by Crippen LogP contribution is -2.53. The molecule has 0 saturated carbocycles. The lowest BCUT2D eigenvalue weighted by atomic mass is 9.97. The van der Waals surface area contributed by atoms with E-state index in [-0.39, 0.29) is 28.5 Å². The summed E-state index contributed by atoms with van der Waals surface area (Å²) in [4.78, 5) is 24.9. The number of alkyl halides is 2. The molecule has 1 atom stereocenters. The summed E-state index contributed by atoms with van der Waals surface area (Å²) in [6.07, 6.45) is -2.56. The molecule has 9 heteroatoms. The Bertz CT molecular complexity index is 907. The number of carbonyl (C=O) groups is 2. The van der Waals surface area contributed by atoms with E-state index in [9.17, 15) is 18.4 Å². The second kappa shape index (κ2) is 7.40. The molecule has 0 fully saturated rings. The summed E-state index contributed by atoms with van der Waals surface area (Å²) in [6, 6.07) is 7.28. The second-order valence-electron chi connectivity index (χ2n) is 5.99. The van der Waals surface area contributed by atoms with Crippen molar-refractivity contribution < 1.29 is 23.1 Å². The molecule has 2 aromatic rings. The van der Waals surface area contributed by atoms with Gasteiger partial charge in [0, 0.05) is 13.5 Å². The highest BCUT2D eigenvalue weighted by Gasteiger charge is 2.34. The van der Waals surface area contributed by atoms with Gasteiger partial charge in [0.05, 0.1) is 16.3 Å². The van der Waals surface area contributed by atoms with Gasteiger partial charge in [0.2, 0.25) is 5.91 Å². The van der Waals surface area contributed by atoms with Crippen LogP contribution in [0.5, 0.6) is 11.5 Å². The van der Waals surface area contributed by atoms with Crippen molar-refractivity contribution in [3.8, 4) is 11.5 Å². The maximum atomic E-state index is 13.3. The van der Waals surface area contributed by atoms with Crippen LogP contribution in [-0.4, -0.2) is 25.0 Å². The molecule has 0 aromatic heterocycles. The summed E-state index contributed by atoms with van der Waals surface area (Å²) >= 11 is 6.24. The largest absolute Gasteiger partial charge is 0.453 e.